The molecule has 162 valence electrons. The Morgan fingerprint density at radius 3 is 2.58 bits per heavy atom. The highest BCUT2D eigenvalue weighted by Gasteiger charge is 2.34. The van der Waals surface area contributed by atoms with Gasteiger partial charge >= 0.3 is 0 Å². The average molecular weight is 440 g/mol. The van der Waals surface area contributed by atoms with E-state index >= 15 is 0 Å². The van der Waals surface area contributed by atoms with Gasteiger partial charge in [-0.15, -0.1) is 0 Å². The number of ether oxygens (including phenoxy) is 1. The van der Waals surface area contributed by atoms with Crippen LogP contribution in [-0.4, -0.2) is 67.9 Å². The maximum Gasteiger partial charge on any atom is 0.254 e. The molecule has 2 aliphatic heterocycles. The van der Waals surface area contributed by atoms with Crippen molar-refractivity contribution in [3.8, 4) is 11.8 Å². The summed E-state index contributed by atoms with van der Waals surface area (Å²) in [6.07, 6.45) is 0.685. The fraction of sp³-hybridized carbons (Fsp3) is 0.391. The summed E-state index contributed by atoms with van der Waals surface area (Å²) in [5, 5.41) is 9.20. The molecule has 2 saturated heterocycles. The van der Waals surface area contributed by atoms with Crippen molar-refractivity contribution in [3.63, 3.8) is 0 Å². The number of carbonyl (C=O) groups excluding carboxylic acids is 1. The minimum absolute atomic E-state index is 0.0541. The van der Waals surface area contributed by atoms with Crippen LogP contribution in [-0.2, 0) is 16.4 Å². The Morgan fingerprint density at radius 1 is 1.10 bits per heavy atom. The van der Waals surface area contributed by atoms with Crippen LogP contribution in [0.1, 0.15) is 27.9 Å². The molecule has 4 rings (SSSR count). The van der Waals surface area contributed by atoms with Crippen LogP contribution in [0.25, 0.3) is 0 Å². The summed E-state index contributed by atoms with van der Waals surface area (Å²) >= 11 is 0. The zero-order valence-electron chi connectivity index (χ0n) is 17.2. The van der Waals surface area contributed by atoms with E-state index in [4.69, 9.17) is 4.74 Å². The number of hydrogen-bond donors (Lipinski definition) is 0. The molecule has 2 heterocycles. The predicted molar refractivity (Wildman–Crippen MR) is 116 cm³/mol. The molecule has 0 N–H and O–H groups in total. The number of piperazine rings is 1. The number of benzene rings is 2. The summed E-state index contributed by atoms with van der Waals surface area (Å²) < 4.78 is 29.3. The second kappa shape index (κ2) is 9.08. The molecule has 0 aliphatic carbocycles. The van der Waals surface area contributed by atoms with E-state index in [9.17, 15) is 18.5 Å². The van der Waals surface area contributed by atoms with E-state index in [1.807, 2.05) is 23.1 Å². The summed E-state index contributed by atoms with van der Waals surface area (Å²) in [5.41, 5.74) is 1.93. The van der Waals surface area contributed by atoms with Gasteiger partial charge in [0, 0.05) is 43.3 Å². The zero-order chi connectivity index (χ0) is 21.8. The van der Waals surface area contributed by atoms with E-state index < -0.39 is 9.84 Å². The molecule has 0 spiro atoms. The van der Waals surface area contributed by atoms with Gasteiger partial charge in [-0.2, -0.15) is 5.26 Å². The van der Waals surface area contributed by atoms with Gasteiger partial charge in [-0.25, -0.2) is 8.42 Å². The van der Waals surface area contributed by atoms with Gasteiger partial charge in [-0.1, -0.05) is 24.3 Å². The Hall–Kier alpha value is -2.89. The second-order valence-electron chi connectivity index (χ2n) is 7.97. The Balaban J connectivity index is 1.35. The summed E-state index contributed by atoms with van der Waals surface area (Å²) in [6, 6.07) is 16.6. The first-order valence-corrected chi connectivity index (χ1v) is 12.2. The maximum absolute atomic E-state index is 13.0. The Morgan fingerprint density at radius 2 is 1.87 bits per heavy atom. The highest BCUT2D eigenvalue weighted by molar-refractivity contribution is 7.91. The van der Waals surface area contributed by atoms with Crippen LogP contribution in [0.5, 0.6) is 5.75 Å². The van der Waals surface area contributed by atoms with Gasteiger partial charge in [-0.05, 0) is 30.7 Å². The predicted octanol–water partition coefficient (Wildman–Crippen LogP) is 2.08. The molecule has 2 aromatic rings. The Labute approximate surface area is 182 Å². The summed E-state index contributed by atoms with van der Waals surface area (Å²) in [7, 11) is -2.91. The lowest BCUT2D eigenvalue weighted by Crippen LogP contribution is -2.52. The monoisotopic (exact) mass is 439 g/mol. The van der Waals surface area contributed by atoms with E-state index in [0.29, 0.717) is 49.5 Å². The molecule has 0 radical (unpaired) electrons. The lowest BCUT2D eigenvalue weighted by molar-refractivity contribution is 0.0587. The minimum atomic E-state index is -2.91. The minimum Gasteiger partial charge on any atom is -0.489 e. The molecule has 7 nitrogen and oxygen atoms in total. The van der Waals surface area contributed by atoms with E-state index in [1.54, 1.807) is 30.3 Å². The van der Waals surface area contributed by atoms with Gasteiger partial charge in [0.1, 0.15) is 12.4 Å². The van der Waals surface area contributed by atoms with Crippen LogP contribution >= 0.6 is 0 Å². The van der Waals surface area contributed by atoms with Gasteiger partial charge in [0.2, 0.25) is 0 Å². The molecule has 1 unspecified atom stereocenters. The van der Waals surface area contributed by atoms with Gasteiger partial charge in [0.05, 0.1) is 23.1 Å². The first kappa shape index (κ1) is 21.3. The fourth-order valence-corrected chi connectivity index (χ4v) is 5.93. The van der Waals surface area contributed by atoms with Crippen LogP contribution in [0, 0.1) is 11.3 Å². The lowest BCUT2D eigenvalue weighted by atomic mass is 10.1. The highest BCUT2D eigenvalue weighted by atomic mass is 32.2. The largest absolute Gasteiger partial charge is 0.489 e. The Kier molecular flexibility index (Phi) is 6.25. The fourth-order valence-electron chi connectivity index (χ4n) is 4.17. The summed E-state index contributed by atoms with van der Waals surface area (Å²) in [4.78, 5) is 17.0. The lowest BCUT2D eigenvalue weighted by Gasteiger charge is -2.37. The van der Waals surface area contributed by atoms with E-state index in [0.717, 1.165) is 5.56 Å². The normalized spacial score (nSPS) is 20.9. The van der Waals surface area contributed by atoms with Crippen molar-refractivity contribution in [1.82, 2.24) is 9.80 Å². The van der Waals surface area contributed by atoms with Crippen LogP contribution in [0.2, 0.25) is 0 Å². The van der Waals surface area contributed by atoms with Crippen molar-refractivity contribution < 1.29 is 17.9 Å². The number of rotatable bonds is 5. The van der Waals surface area contributed by atoms with E-state index in [-0.39, 0.29) is 30.1 Å². The smallest absolute Gasteiger partial charge is 0.254 e. The van der Waals surface area contributed by atoms with Crippen molar-refractivity contribution in [2.24, 2.45) is 0 Å². The van der Waals surface area contributed by atoms with E-state index in [2.05, 4.69) is 11.0 Å². The third kappa shape index (κ3) is 5.06. The van der Waals surface area contributed by atoms with Crippen molar-refractivity contribution in [2.45, 2.75) is 19.1 Å². The van der Waals surface area contributed by atoms with Crippen LogP contribution < -0.4 is 4.74 Å². The van der Waals surface area contributed by atoms with Gasteiger partial charge < -0.3 is 9.64 Å². The SMILES string of the molecule is N#Cc1ccccc1COc1cccc(C(=O)N2CCN(C3CCS(=O)(=O)C3)CC2)c1. The molecular formula is C23H25N3O4S. The van der Waals surface area contributed by atoms with Crippen LogP contribution in [0.4, 0.5) is 0 Å². The van der Waals surface area contributed by atoms with Gasteiger partial charge in [-0.3, -0.25) is 9.69 Å². The van der Waals surface area contributed by atoms with E-state index in [1.165, 1.54) is 0 Å². The molecule has 0 saturated carbocycles. The molecule has 8 heteroatoms. The van der Waals surface area contributed by atoms with Crippen molar-refractivity contribution in [1.29, 1.82) is 5.26 Å². The molecule has 31 heavy (non-hydrogen) atoms. The number of nitrogens with zero attached hydrogens (tertiary/aromatic N) is 3. The topological polar surface area (TPSA) is 90.7 Å². The third-order valence-corrected chi connectivity index (χ3v) is 7.69. The van der Waals surface area contributed by atoms with Crippen LogP contribution in [0.3, 0.4) is 0 Å². The van der Waals surface area contributed by atoms with Crippen molar-refractivity contribution >= 4 is 15.7 Å². The second-order valence-corrected chi connectivity index (χ2v) is 10.2. The molecule has 2 aliphatic rings. The maximum atomic E-state index is 13.0. The summed E-state index contributed by atoms with van der Waals surface area (Å²) in [5.74, 6) is 1.02. The highest BCUT2D eigenvalue weighted by Crippen LogP contribution is 2.21. The van der Waals surface area contributed by atoms with Gasteiger partial charge in [0.25, 0.3) is 5.91 Å². The number of sulfone groups is 1. The first-order valence-electron chi connectivity index (χ1n) is 10.4. The molecular weight excluding hydrogens is 414 g/mol. The van der Waals surface area contributed by atoms with Gasteiger partial charge in [0.15, 0.2) is 9.84 Å². The first-order chi connectivity index (χ1) is 14.9. The number of hydrogen-bond acceptors (Lipinski definition) is 6. The third-order valence-electron chi connectivity index (χ3n) is 5.94. The molecule has 2 aromatic carbocycles. The molecule has 0 aromatic heterocycles. The van der Waals surface area contributed by atoms with Crippen molar-refractivity contribution in [2.75, 3.05) is 37.7 Å². The standard InChI is InChI=1S/C23H25N3O4S/c24-15-19-4-1-2-5-20(19)16-30-22-7-3-6-18(14-22)23(27)26-11-9-25(10-12-26)21-8-13-31(28,29)17-21/h1-7,14,21H,8-13,16-17H2. The number of nitriles is 1. The number of amides is 1. The molecule has 1 amide bonds. The number of carbonyl (C=O) groups is 1. The molecule has 2 fully saturated rings. The zero-order valence-corrected chi connectivity index (χ0v) is 18.1. The van der Waals surface area contributed by atoms with Crippen LogP contribution in [0.15, 0.2) is 48.5 Å². The molecule has 1 atom stereocenters. The molecule has 0 bridgehead atoms. The average Bonchev–Trinajstić information content (AvgIpc) is 3.17. The quantitative estimate of drug-likeness (QED) is 0.709. The van der Waals surface area contributed by atoms with Crippen molar-refractivity contribution in [3.05, 3.63) is 65.2 Å². The summed E-state index contributed by atoms with van der Waals surface area (Å²) in [6.45, 7) is 2.79. The Bertz CT molecular complexity index is 1100.